The third-order valence-electron chi connectivity index (χ3n) is 5.48. The maximum atomic E-state index is 14.3. The number of pyridine rings is 2. The number of benzene rings is 1. The maximum Gasteiger partial charge on any atom is 0.134 e. The van der Waals surface area contributed by atoms with Gasteiger partial charge in [-0.3, -0.25) is 14.6 Å². The smallest absolute Gasteiger partial charge is 0.134 e. The summed E-state index contributed by atoms with van der Waals surface area (Å²) in [4.78, 5) is 8.76. The molecule has 31 heavy (non-hydrogen) atoms. The molecule has 8 heteroatoms. The second-order valence-corrected chi connectivity index (χ2v) is 8.11. The molecule has 0 atom stereocenters. The highest BCUT2D eigenvalue weighted by Crippen LogP contribution is 2.29. The van der Waals surface area contributed by atoms with Crippen molar-refractivity contribution in [3.8, 4) is 11.3 Å². The Morgan fingerprint density at radius 1 is 1.10 bits per heavy atom. The van der Waals surface area contributed by atoms with Crippen LogP contribution >= 0.6 is 11.6 Å². The molecule has 1 N–H and O–H groups in total. The van der Waals surface area contributed by atoms with E-state index in [1.54, 1.807) is 24.5 Å². The number of halogens is 2. The second kappa shape index (κ2) is 8.61. The van der Waals surface area contributed by atoms with Crippen LogP contribution in [0.1, 0.15) is 12.8 Å². The molecule has 0 saturated carbocycles. The van der Waals surface area contributed by atoms with Gasteiger partial charge in [0, 0.05) is 48.4 Å². The summed E-state index contributed by atoms with van der Waals surface area (Å²) in [5.74, 6) is 0.196. The highest BCUT2D eigenvalue weighted by atomic mass is 35.5. The van der Waals surface area contributed by atoms with E-state index in [1.165, 1.54) is 12.1 Å². The van der Waals surface area contributed by atoms with E-state index in [-0.39, 0.29) is 5.82 Å². The molecule has 1 fully saturated rings. The number of fused-ring (bicyclic) bond motifs is 1. The minimum absolute atomic E-state index is 0.358. The molecule has 0 spiro atoms. The molecule has 0 amide bonds. The van der Waals surface area contributed by atoms with E-state index in [4.69, 9.17) is 21.4 Å². The quantitative estimate of drug-likeness (QED) is 0.449. The lowest BCUT2D eigenvalue weighted by atomic mass is 10.0. The first-order chi connectivity index (χ1) is 15.2. The van der Waals surface area contributed by atoms with Crippen LogP contribution in [0.4, 0.5) is 15.8 Å². The van der Waals surface area contributed by atoms with Gasteiger partial charge in [-0.2, -0.15) is 5.10 Å². The number of nitrogens with zero attached hydrogens (tertiary/aromatic N) is 4. The monoisotopic (exact) mass is 437 g/mol. The first kappa shape index (κ1) is 19.9. The van der Waals surface area contributed by atoms with Gasteiger partial charge in [0.25, 0.3) is 0 Å². The Balaban J connectivity index is 1.42. The normalized spacial score (nSPS) is 14.8. The second-order valence-electron chi connectivity index (χ2n) is 7.68. The van der Waals surface area contributed by atoms with Crippen molar-refractivity contribution in [2.75, 3.05) is 18.5 Å². The summed E-state index contributed by atoms with van der Waals surface area (Å²) in [5, 5.41) is 8.60. The van der Waals surface area contributed by atoms with E-state index in [9.17, 15) is 4.39 Å². The van der Waals surface area contributed by atoms with Crippen LogP contribution in [0.15, 0.2) is 55.0 Å². The van der Waals surface area contributed by atoms with Gasteiger partial charge >= 0.3 is 0 Å². The SMILES string of the molecule is Fc1ccc(Cl)cc1-c1cc(Nc2ccnc3cn(CC4CCOCC4)nc23)ccn1. The van der Waals surface area contributed by atoms with Gasteiger partial charge in [0.05, 0.1) is 17.6 Å². The zero-order valence-electron chi connectivity index (χ0n) is 16.8. The fraction of sp³-hybridized carbons (Fsp3) is 0.261. The third-order valence-corrected chi connectivity index (χ3v) is 5.72. The molecule has 4 aromatic rings. The number of anilines is 2. The molecular weight excluding hydrogens is 417 g/mol. The van der Waals surface area contributed by atoms with Crippen molar-refractivity contribution in [1.29, 1.82) is 0 Å². The summed E-state index contributed by atoms with van der Waals surface area (Å²) >= 11 is 6.04. The predicted octanol–water partition coefficient (Wildman–Crippen LogP) is 5.46. The van der Waals surface area contributed by atoms with Gasteiger partial charge in [-0.1, -0.05) is 11.6 Å². The number of hydrogen-bond donors (Lipinski definition) is 1. The molecule has 0 radical (unpaired) electrons. The number of aromatic nitrogens is 4. The molecule has 0 aliphatic carbocycles. The summed E-state index contributed by atoms with van der Waals surface area (Å²) in [7, 11) is 0. The van der Waals surface area contributed by atoms with Crippen LogP contribution in [0.5, 0.6) is 0 Å². The lowest BCUT2D eigenvalue weighted by Crippen LogP contribution is -2.20. The minimum Gasteiger partial charge on any atom is -0.381 e. The first-order valence-corrected chi connectivity index (χ1v) is 10.6. The largest absolute Gasteiger partial charge is 0.381 e. The van der Waals surface area contributed by atoms with Gasteiger partial charge in [-0.15, -0.1) is 0 Å². The van der Waals surface area contributed by atoms with E-state index in [0.717, 1.165) is 55.0 Å². The van der Waals surface area contributed by atoms with Crippen LogP contribution in [-0.2, 0) is 11.3 Å². The van der Waals surface area contributed by atoms with E-state index in [0.29, 0.717) is 22.2 Å². The lowest BCUT2D eigenvalue weighted by Gasteiger charge is -2.21. The van der Waals surface area contributed by atoms with Gasteiger partial charge in [0.2, 0.25) is 0 Å². The Bertz CT molecular complexity index is 1220. The van der Waals surface area contributed by atoms with Crippen molar-refractivity contribution >= 4 is 34.0 Å². The van der Waals surface area contributed by atoms with Crippen LogP contribution in [-0.4, -0.2) is 33.0 Å². The molecule has 6 nitrogen and oxygen atoms in total. The van der Waals surface area contributed by atoms with Crippen molar-refractivity contribution in [3.63, 3.8) is 0 Å². The van der Waals surface area contributed by atoms with Crippen LogP contribution in [0.25, 0.3) is 22.3 Å². The number of ether oxygens (including phenoxy) is 1. The zero-order chi connectivity index (χ0) is 21.2. The molecule has 0 bridgehead atoms. The van der Waals surface area contributed by atoms with Crippen molar-refractivity contribution in [1.82, 2.24) is 19.7 Å². The number of rotatable bonds is 5. The summed E-state index contributed by atoms with van der Waals surface area (Å²) in [6.45, 7) is 2.48. The minimum atomic E-state index is -0.368. The average molecular weight is 438 g/mol. The Kier molecular flexibility index (Phi) is 5.53. The summed E-state index contributed by atoms with van der Waals surface area (Å²) in [6, 6.07) is 9.95. The third kappa shape index (κ3) is 4.38. The lowest BCUT2D eigenvalue weighted by molar-refractivity contribution is 0.0602. The fourth-order valence-corrected chi connectivity index (χ4v) is 4.03. The van der Waals surface area contributed by atoms with Gasteiger partial charge in [0.15, 0.2) is 0 Å². The van der Waals surface area contributed by atoms with E-state index >= 15 is 0 Å². The average Bonchev–Trinajstić information content (AvgIpc) is 3.20. The molecule has 3 aromatic heterocycles. The van der Waals surface area contributed by atoms with Crippen molar-refractivity contribution < 1.29 is 9.13 Å². The van der Waals surface area contributed by atoms with Crippen molar-refractivity contribution in [3.05, 3.63) is 65.8 Å². The van der Waals surface area contributed by atoms with Gasteiger partial charge in [-0.25, -0.2) is 4.39 Å². The van der Waals surface area contributed by atoms with Gasteiger partial charge < -0.3 is 10.1 Å². The highest BCUT2D eigenvalue weighted by molar-refractivity contribution is 6.30. The molecule has 158 valence electrons. The summed E-state index contributed by atoms with van der Waals surface area (Å²) < 4.78 is 21.7. The van der Waals surface area contributed by atoms with Gasteiger partial charge in [0.1, 0.15) is 16.9 Å². The Hall–Kier alpha value is -3.03. The molecule has 1 aliphatic rings. The topological polar surface area (TPSA) is 64.9 Å². The number of nitrogens with one attached hydrogen (secondary N) is 1. The first-order valence-electron chi connectivity index (χ1n) is 10.2. The molecule has 1 saturated heterocycles. The Morgan fingerprint density at radius 2 is 1.94 bits per heavy atom. The van der Waals surface area contributed by atoms with Crippen LogP contribution in [0.3, 0.4) is 0 Å². The van der Waals surface area contributed by atoms with E-state index < -0.39 is 0 Å². The van der Waals surface area contributed by atoms with E-state index in [2.05, 4.69) is 15.3 Å². The standard InChI is InChI=1S/C23H21ClFN5O/c24-16-1-2-19(25)18(11-16)21-12-17(3-7-26-21)28-20-4-8-27-22-14-30(29-23(20)22)13-15-5-9-31-10-6-15/h1-4,7-8,11-12,14-15H,5-6,9-10,13H2,(H,26,28). The molecule has 1 aliphatic heterocycles. The molecule has 4 heterocycles. The summed E-state index contributed by atoms with van der Waals surface area (Å²) in [6.07, 6.45) is 7.47. The van der Waals surface area contributed by atoms with Crippen molar-refractivity contribution in [2.45, 2.75) is 19.4 Å². The molecule has 5 rings (SSSR count). The molecule has 0 unspecified atom stereocenters. The Labute approximate surface area is 184 Å². The van der Waals surface area contributed by atoms with Crippen LogP contribution in [0.2, 0.25) is 5.02 Å². The van der Waals surface area contributed by atoms with Crippen molar-refractivity contribution in [2.24, 2.45) is 5.92 Å². The fourth-order valence-electron chi connectivity index (χ4n) is 3.86. The predicted molar refractivity (Wildman–Crippen MR) is 119 cm³/mol. The maximum absolute atomic E-state index is 14.3. The van der Waals surface area contributed by atoms with Crippen LogP contribution < -0.4 is 5.32 Å². The zero-order valence-corrected chi connectivity index (χ0v) is 17.5. The van der Waals surface area contributed by atoms with Crippen LogP contribution in [0, 0.1) is 11.7 Å². The molecule has 1 aromatic carbocycles. The van der Waals surface area contributed by atoms with Gasteiger partial charge in [-0.05, 0) is 55.2 Å². The highest BCUT2D eigenvalue weighted by Gasteiger charge is 2.16. The number of hydrogen-bond acceptors (Lipinski definition) is 5. The van der Waals surface area contributed by atoms with E-state index in [1.807, 2.05) is 23.0 Å². The molecular formula is C23H21ClFN5O. The summed E-state index contributed by atoms with van der Waals surface area (Å²) in [5.41, 5.74) is 4.08. The Morgan fingerprint density at radius 3 is 2.81 bits per heavy atom.